The van der Waals surface area contributed by atoms with Crippen molar-refractivity contribution >= 4 is 55.3 Å². The third-order valence-corrected chi connectivity index (χ3v) is 8.60. The van der Waals surface area contributed by atoms with Gasteiger partial charge in [0.05, 0.1) is 22.4 Å². The van der Waals surface area contributed by atoms with Crippen molar-refractivity contribution in [2.75, 3.05) is 0 Å². The molecule has 0 radical (unpaired) electrons. The quantitative estimate of drug-likeness (QED) is 0.213. The number of pyridine rings is 2. The summed E-state index contributed by atoms with van der Waals surface area (Å²) < 4.78 is 4.68. The maximum absolute atomic E-state index is 5.03. The van der Waals surface area contributed by atoms with Crippen LogP contribution >= 0.6 is 0 Å². The maximum atomic E-state index is 5.03. The zero-order valence-corrected chi connectivity index (χ0v) is 23.8. The molecule has 5 aromatic heterocycles. The summed E-state index contributed by atoms with van der Waals surface area (Å²) in [6, 6.07) is 39.7. The summed E-state index contributed by atoms with van der Waals surface area (Å²) in [5.74, 6) is 0. The van der Waals surface area contributed by atoms with Crippen molar-refractivity contribution in [1.82, 2.24) is 29.3 Å². The zero-order chi connectivity index (χ0) is 29.0. The van der Waals surface area contributed by atoms with Crippen molar-refractivity contribution in [1.29, 1.82) is 0 Å². The Morgan fingerprint density at radius 1 is 0.523 bits per heavy atom. The summed E-state index contributed by atoms with van der Waals surface area (Å²) in [5.41, 5.74) is 13.4. The molecule has 44 heavy (non-hydrogen) atoms. The molecule has 0 unspecified atom stereocenters. The number of rotatable bonds is 4. The number of nitrogens with zero attached hydrogens (tertiary/aromatic N) is 6. The average molecular weight is 567 g/mol. The fourth-order valence-electron chi connectivity index (χ4n) is 6.61. The number of fused-ring (bicyclic) bond motifs is 7. The minimum Gasteiger partial charge on any atom is -0.310 e. The van der Waals surface area contributed by atoms with E-state index >= 15 is 0 Å². The molecule has 0 amide bonds. The van der Waals surface area contributed by atoms with Gasteiger partial charge >= 0.3 is 0 Å². The van der Waals surface area contributed by atoms with Crippen LogP contribution in [0.3, 0.4) is 0 Å². The summed E-state index contributed by atoms with van der Waals surface area (Å²) in [4.78, 5) is 9.80. The standard InChI is InChI=1S/C38H26N6/c1-3-11-25(12-4-1)30-16-9-17-31(40-30)26-20-22-28(23-21-26)43-32-18-8-7-15-29(32)34-37(43)38-36(42-41-34)35-33(19-10-24-39-35)44(38)27-13-5-2-6-14-27/h1-20,22,24H,21,23H2. The van der Waals surface area contributed by atoms with E-state index in [9.17, 15) is 0 Å². The number of hydrogen-bond acceptors (Lipinski definition) is 4. The fraction of sp³-hybridized carbons (Fsp3) is 0.0526. The van der Waals surface area contributed by atoms with Crippen LogP contribution in [0.5, 0.6) is 0 Å². The minimum absolute atomic E-state index is 0.801. The van der Waals surface area contributed by atoms with Crippen molar-refractivity contribution in [2.24, 2.45) is 0 Å². The Labute approximate surface area is 253 Å². The van der Waals surface area contributed by atoms with E-state index in [2.05, 4.69) is 118 Å². The van der Waals surface area contributed by atoms with E-state index in [0.29, 0.717) is 0 Å². The SMILES string of the molecule is C1=C(c2cccc(-c3ccccc3)n2)CCC(n2c3ccccc3c3nnc4c5ncccc5n(-c5ccccc5)c4c32)=C1. The number of hydrogen-bond donors (Lipinski definition) is 0. The Morgan fingerprint density at radius 3 is 2.09 bits per heavy atom. The van der Waals surface area contributed by atoms with Gasteiger partial charge in [-0.3, -0.25) is 4.98 Å². The lowest BCUT2D eigenvalue weighted by Crippen LogP contribution is -2.04. The molecule has 3 aromatic carbocycles. The first-order valence-electron chi connectivity index (χ1n) is 14.9. The highest BCUT2D eigenvalue weighted by atomic mass is 15.2. The van der Waals surface area contributed by atoms with Gasteiger partial charge in [-0.05, 0) is 67.0 Å². The van der Waals surface area contributed by atoms with E-state index in [1.54, 1.807) is 0 Å². The molecule has 1 aliphatic rings. The molecular formula is C38H26N6. The van der Waals surface area contributed by atoms with Gasteiger partial charge in [0, 0.05) is 28.5 Å². The first kappa shape index (κ1) is 24.7. The Bertz CT molecular complexity index is 2430. The van der Waals surface area contributed by atoms with Crippen LogP contribution < -0.4 is 0 Å². The van der Waals surface area contributed by atoms with Gasteiger partial charge in [0.15, 0.2) is 0 Å². The molecule has 0 bridgehead atoms. The Hall–Kier alpha value is -5.88. The minimum atomic E-state index is 0.801. The molecule has 0 aliphatic heterocycles. The molecule has 5 heterocycles. The van der Waals surface area contributed by atoms with Gasteiger partial charge in [-0.2, -0.15) is 0 Å². The van der Waals surface area contributed by atoms with E-state index in [-0.39, 0.29) is 0 Å². The molecular weight excluding hydrogens is 540 g/mol. The van der Waals surface area contributed by atoms with E-state index in [0.717, 1.165) is 79.5 Å². The second-order valence-corrected chi connectivity index (χ2v) is 11.1. The highest BCUT2D eigenvalue weighted by Gasteiger charge is 2.25. The van der Waals surface area contributed by atoms with Crippen LogP contribution in [0.2, 0.25) is 0 Å². The van der Waals surface area contributed by atoms with Crippen molar-refractivity contribution < 1.29 is 0 Å². The van der Waals surface area contributed by atoms with Gasteiger partial charge in [0.1, 0.15) is 27.6 Å². The van der Waals surface area contributed by atoms with Gasteiger partial charge in [-0.1, -0.05) is 78.9 Å². The van der Waals surface area contributed by atoms with Crippen LogP contribution in [0.25, 0.3) is 72.2 Å². The summed E-state index contributed by atoms with van der Waals surface area (Å²) in [7, 11) is 0. The molecule has 0 fully saturated rings. The molecule has 8 aromatic rings. The molecule has 208 valence electrons. The molecule has 1 aliphatic carbocycles. The third kappa shape index (κ3) is 3.74. The largest absolute Gasteiger partial charge is 0.310 e. The normalized spacial score (nSPS) is 13.5. The van der Waals surface area contributed by atoms with Gasteiger partial charge < -0.3 is 9.13 Å². The second-order valence-electron chi connectivity index (χ2n) is 11.1. The average Bonchev–Trinajstić information content (AvgIpc) is 3.62. The van der Waals surface area contributed by atoms with Crippen molar-refractivity contribution in [3.05, 3.63) is 139 Å². The van der Waals surface area contributed by atoms with Crippen LogP contribution in [-0.2, 0) is 0 Å². The summed E-state index contributed by atoms with van der Waals surface area (Å²) in [6.07, 6.45) is 8.06. The predicted octanol–water partition coefficient (Wildman–Crippen LogP) is 8.86. The molecule has 0 N–H and O–H groups in total. The predicted molar refractivity (Wildman–Crippen MR) is 178 cm³/mol. The van der Waals surface area contributed by atoms with Crippen LogP contribution in [0, 0.1) is 0 Å². The molecule has 0 spiro atoms. The van der Waals surface area contributed by atoms with E-state index < -0.39 is 0 Å². The van der Waals surface area contributed by atoms with Gasteiger partial charge in [0.2, 0.25) is 0 Å². The van der Waals surface area contributed by atoms with Crippen molar-refractivity contribution in [3.63, 3.8) is 0 Å². The number of benzene rings is 3. The lowest BCUT2D eigenvalue weighted by molar-refractivity contribution is 0.982. The molecule has 0 atom stereocenters. The first-order chi connectivity index (χ1) is 21.8. The van der Waals surface area contributed by atoms with Gasteiger partial charge in [-0.25, -0.2) is 4.98 Å². The van der Waals surface area contributed by atoms with Crippen molar-refractivity contribution in [3.8, 4) is 16.9 Å². The van der Waals surface area contributed by atoms with Crippen LogP contribution in [0.1, 0.15) is 18.5 Å². The summed E-state index contributed by atoms with van der Waals surface area (Å²) >= 11 is 0. The fourth-order valence-corrected chi connectivity index (χ4v) is 6.61. The van der Waals surface area contributed by atoms with Crippen LogP contribution in [0.15, 0.2) is 134 Å². The van der Waals surface area contributed by atoms with E-state index in [1.807, 2.05) is 24.4 Å². The maximum Gasteiger partial charge on any atom is 0.140 e. The summed E-state index contributed by atoms with van der Waals surface area (Å²) in [5, 5.41) is 10.7. The highest BCUT2D eigenvalue weighted by molar-refractivity contribution is 6.20. The third-order valence-electron chi connectivity index (χ3n) is 8.60. The Kier molecular flexibility index (Phi) is 5.53. The first-order valence-corrected chi connectivity index (χ1v) is 14.9. The summed E-state index contributed by atoms with van der Waals surface area (Å²) in [6.45, 7) is 0. The Morgan fingerprint density at radius 2 is 1.25 bits per heavy atom. The lowest BCUT2D eigenvalue weighted by Gasteiger charge is -2.18. The second kappa shape index (κ2) is 9.85. The molecule has 0 saturated heterocycles. The lowest BCUT2D eigenvalue weighted by atomic mass is 9.98. The van der Waals surface area contributed by atoms with Crippen LogP contribution in [0.4, 0.5) is 0 Å². The molecule has 6 nitrogen and oxygen atoms in total. The smallest absolute Gasteiger partial charge is 0.140 e. The Balaban J connectivity index is 1.29. The van der Waals surface area contributed by atoms with E-state index in [4.69, 9.17) is 20.2 Å². The number of aromatic nitrogens is 6. The van der Waals surface area contributed by atoms with Crippen molar-refractivity contribution in [2.45, 2.75) is 12.8 Å². The van der Waals surface area contributed by atoms with Gasteiger partial charge in [0.25, 0.3) is 0 Å². The topological polar surface area (TPSA) is 61.4 Å². The van der Waals surface area contributed by atoms with Gasteiger partial charge in [-0.15, -0.1) is 10.2 Å². The molecule has 6 heteroatoms. The number of allylic oxidation sites excluding steroid dienone is 4. The monoisotopic (exact) mass is 566 g/mol. The number of para-hydroxylation sites is 2. The highest BCUT2D eigenvalue weighted by Crippen LogP contribution is 2.41. The molecule has 9 rings (SSSR count). The molecule has 0 saturated carbocycles. The zero-order valence-electron chi connectivity index (χ0n) is 23.8. The van der Waals surface area contributed by atoms with Crippen LogP contribution in [-0.4, -0.2) is 29.3 Å². The van der Waals surface area contributed by atoms with E-state index in [1.165, 1.54) is 11.3 Å².